The van der Waals surface area contributed by atoms with Gasteiger partial charge in [-0.25, -0.2) is 13.2 Å². The fraction of sp³-hybridized carbons (Fsp3) is 0.417. The molecule has 9 heteroatoms. The van der Waals surface area contributed by atoms with Crippen molar-refractivity contribution in [1.82, 2.24) is 4.31 Å². The van der Waals surface area contributed by atoms with Crippen LogP contribution in [0.25, 0.3) is 0 Å². The fourth-order valence-corrected chi connectivity index (χ4v) is 5.80. The summed E-state index contributed by atoms with van der Waals surface area (Å²) in [5.74, 6) is -1.18. The van der Waals surface area contributed by atoms with Crippen LogP contribution >= 0.6 is 0 Å². The Labute approximate surface area is 194 Å². The molecule has 0 atom stereocenters. The van der Waals surface area contributed by atoms with Crippen molar-refractivity contribution >= 4 is 33.3 Å². The maximum Gasteiger partial charge on any atom is 0.340 e. The Morgan fingerprint density at radius 2 is 1.55 bits per heavy atom. The second-order valence-electron chi connectivity index (χ2n) is 8.33. The molecular weight excluding hydrogens is 442 g/mol. The number of anilines is 2. The van der Waals surface area contributed by atoms with Gasteiger partial charge in [-0.15, -0.1) is 0 Å². The third-order valence-electron chi connectivity index (χ3n) is 5.98. The number of rotatable bonds is 7. The molecule has 176 valence electrons. The van der Waals surface area contributed by atoms with Gasteiger partial charge in [-0.2, -0.15) is 4.31 Å². The number of ether oxygens (including phenoxy) is 1. The molecule has 2 aromatic rings. The predicted molar refractivity (Wildman–Crippen MR) is 126 cm³/mol. The van der Waals surface area contributed by atoms with Crippen molar-refractivity contribution in [3.8, 4) is 0 Å². The van der Waals surface area contributed by atoms with Crippen LogP contribution in [0.2, 0.25) is 0 Å². The molecule has 1 amide bonds. The molecular formula is C24H29N3O5S. The zero-order chi connectivity index (χ0) is 23.3. The Balaban J connectivity index is 1.54. The number of benzene rings is 2. The number of nitrogens with one attached hydrogen (secondary N) is 1. The van der Waals surface area contributed by atoms with Crippen LogP contribution in [0.4, 0.5) is 11.4 Å². The van der Waals surface area contributed by atoms with Crippen LogP contribution in [0.1, 0.15) is 42.5 Å². The Morgan fingerprint density at radius 1 is 0.879 bits per heavy atom. The van der Waals surface area contributed by atoms with Gasteiger partial charge in [0.15, 0.2) is 6.61 Å². The van der Waals surface area contributed by atoms with Crippen molar-refractivity contribution in [2.75, 3.05) is 43.0 Å². The maximum atomic E-state index is 13.2. The zero-order valence-corrected chi connectivity index (χ0v) is 19.4. The van der Waals surface area contributed by atoms with E-state index in [-0.39, 0.29) is 10.5 Å². The minimum absolute atomic E-state index is 0.0769. The van der Waals surface area contributed by atoms with Crippen LogP contribution in [0, 0.1) is 0 Å². The Hall–Kier alpha value is -2.91. The SMILES string of the molecule is O=C(COC(=O)c1cc(S(=O)(=O)N2CCCCC2)ccc1N1CCCC1)Nc1ccccc1. The first kappa shape index (κ1) is 23.3. The van der Waals surface area contributed by atoms with E-state index in [1.165, 1.54) is 10.4 Å². The molecule has 1 N–H and O–H groups in total. The first-order valence-corrected chi connectivity index (χ1v) is 12.8. The summed E-state index contributed by atoms with van der Waals surface area (Å²) in [5.41, 5.74) is 1.41. The zero-order valence-electron chi connectivity index (χ0n) is 18.5. The number of piperidine rings is 1. The summed E-state index contributed by atoms with van der Waals surface area (Å²) in [6.07, 6.45) is 4.68. The highest BCUT2D eigenvalue weighted by Gasteiger charge is 2.29. The Bertz CT molecular complexity index is 1090. The van der Waals surface area contributed by atoms with Gasteiger partial charge in [-0.3, -0.25) is 4.79 Å². The molecule has 2 heterocycles. The van der Waals surface area contributed by atoms with Gasteiger partial charge in [0.05, 0.1) is 16.1 Å². The van der Waals surface area contributed by atoms with E-state index in [9.17, 15) is 18.0 Å². The lowest BCUT2D eigenvalue weighted by atomic mass is 10.1. The van der Waals surface area contributed by atoms with Crippen LogP contribution < -0.4 is 10.2 Å². The van der Waals surface area contributed by atoms with Crippen LogP contribution in [0.5, 0.6) is 0 Å². The predicted octanol–water partition coefficient (Wildman–Crippen LogP) is 3.26. The molecule has 2 aliphatic rings. The summed E-state index contributed by atoms with van der Waals surface area (Å²) in [6, 6.07) is 13.5. The first-order valence-electron chi connectivity index (χ1n) is 11.4. The summed E-state index contributed by atoms with van der Waals surface area (Å²) in [4.78, 5) is 27.3. The molecule has 0 saturated carbocycles. The van der Waals surface area contributed by atoms with Gasteiger partial charge in [0.25, 0.3) is 5.91 Å². The molecule has 2 fully saturated rings. The van der Waals surface area contributed by atoms with Crippen LogP contribution in [-0.4, -0.2) is 57.4 Å². The lowest BCUT2D eigenvalue weighted by molar-refractivity contribution is -0.119. The molecule has 33 heavy (non-hydrogen) atoms. The molecule has 2 aromatic carbocycles. The summed E-state index contributed by atoms with van der Waals surface area (Å²) < 4.78 is 33.1. The molecule has 0 radical (unpaired) electrons. The number of para-hydroxylation sites is 1. The van der Waals surface area contributed by atoms with Crippen molar-refractivity contribution in [2.24, 2.45) is 0 Å². The topological polar surface area (TPSA) is 96.0 Å². The minimum atomic E-state index is -3.70. The Morgan fingerprint density at radius 3 is 2.24 bits per heavy atom. The summed E-state index contributed by atoms with van der Waals surface area (Å²) in [6.45, 7) is 2.07. The van der Waals surface area contributed by atoms with E-state index in [1.807, 2.05) is 6.07 Å². The fourth-order valence-electron chi connectivity index (χ4n) is 4.25. The van der Waals surface area contributed by atoms with E-state index in [4.69, 9.17) is 4.74 Å². The molecule has 0 bridgehead atoms. The summed E-state index contributed by atoms with van der Waals surface area (Å²) in [5, 5.41) is 2.67. The van der Waals surface area contributed by atoms with Crippen molar-refractivity contribution in [2.45, 2.75) is 37.0 Å². The van der Waals surface area contributed by atoms with Gasteiger partial charge in [-0.05, 0) is 56.0 Å². The number of esters is 1. The van der Waals surface area contributed by atoms with Gasteiger partial charge in [0.2, 0.25) is 10.0 Å². The normalized spacial score (nSPS) is 17.0. The third-order valence-corrected chi connectivity index (χ3v) is 7.87. The number of hydrogen-bond donors (Lipinski definition) is 1. The van der Waals surface area contributed by atoms with E-state index < -0.39 is 28.5 Å². The smallest absolute Gasteiger partial charge is 0.340 e. The number of nitrogens with zero attached hydrogens (tertiary/aromatic N) is 2. The van der Waals surface area contributed by atoms with Crippen molar-refractivity contribution in [1.29, 1.82) is 0 Å². The number of sulfonamides is 1. The van der Waals surface area contributed by atoms with Gasteiger partial charge in [-0.1, -0.05) is 24.6 Å². The molecule has 8 nitrogen and oxygen atoms in total. The molecule has 2 aliphatic heterocycles. The van der Waals surface area contributed by atoms with E-state index in [0.29, 0.717) is 24.5 Å². The van der Waals surface area contributed by atoms with E-state index >= 15 is 0 Å². The molecule has 0 spiro atoms. The highest BCUT2D eigenvalue weighted by Crippen LogP contribution is 2.30. The highest BCUT2D eigenvalue weighted by molar-refractivity contribution is 7.89. The third kappa shape index (κ3) is 5.54. The molecule has 0 unspecified atom stereocenters. The molecule has 0 aromatic heterocycles. The van der Waals surface area contributed by atoms with Gasteiger partial charge >= 0.3 is 5.97 Å². The standard InChI is InChI=1S/C24H29N3O5S/c28-23(25-19-9-3-1-4-10-19)18-32-24(29)21-17-20(11-12-22(21)26-13-7-8-14-26)33(30,31)27-15-5-2-6-16-27/h1,3-4,9-12,17H,2,5-8,13-16,18H2,(H,25,28). The van der Waals surface area contributed by atoms with Crippen molar-refractivity contribution in [3.05, 3.63) is 54.1 Å². The van der Waals surface area contributed by atoms with E-state index in [1.54, 1.807) is 36.4 Å². The quantitative estimate of drug-likeness (QED) is 0.623. The lowest BCUT2D eigenvalue weighted by Gasteiger charge is -2.27. The number of hydrogen-bond acceptors (Lipinski definition) is 6. The number of amides is 1. The van der Waals surface area contributed by atoms with Gasteiger partial charge in [0.1, 0.15) is 0 Å². The second kappa shape index (κ2) is 10.4. The van der Waals surface area contributed by atoms with Crippen molar-refractivity contribution < 1.29 is 22.7 Å². The van der Waals surface area contributed by atoms with Crippen molar-refractivity contribution in [3.63, 3.8) is 0 Å². The number of carbonyl (C=O) groups is 2. The highest BCUT2D eigenvalue weighted by atomic mass is 32.2. The molecule has 4 rings (SSSR count). The second-order valence-corrected chi connectivity index (χ2v) is 10.3. The van der Waals surface area contributed by atoms with Crippen LogP contribution in [0.15, 0.2) is 53.4 Å². The van der Waals surface area contributed by atoms with Crippen LogP contribution in [0.3, 0.4) is 0 Å². The average molecular weight is 472 g/mol. The first-order chi connectivity index (χ1) is 15.9. The van der Waals surface area contributed by atoms with Gasteiger partial charge < -0.3 is 15.0 Å². The van der Waals surface area contributed by atoms with Gasteiger partial charge in [0, 0.05) is 31.9 Å². The summed E-state index contributed by atoms with van der Waals surface area (Å²) in [7, 11) is -3.70. The van der Waals surface area contributed by atoms with E-state index in [2.05, 4.69) is 10.2 Å². The molecule has 2 saturated heterocycles. The number of carbonyl (C=O) groups excluding carboxylic acids is 2. The average Bonchev–Trinajstić information content (AvgIpc) is 3.38. The monoisotopic (exact) mass is 471 g/mol. The summed E-state index contributed by atoms with van der Waals surface area (Å²) >= 11 is 0. The minimum Gasteiger partial charge on any atom is -0.452 e. The van der Waals surface area contributed by atoms with Crippen LogP contribution in [-0.2, 0) is 19.6 Å². The lowest BCUT2D eigenvalue weighted by Crippen LogP contribution is -2.35. The molecule has 0 aliphatic carbocycles. The van der Waals surface area contributed by atoms with E-state index in [0.717, 1.165) is 45.2 Å². The Kier molecular flexibility index (Phi) is 7.29. The maximum absolute atomic E-state index is 13.2. The largest absolute Gasteiger partial charge is 0.452 e.